The van der Waals surface area contributed by atoms with E-state index in [-0.39, 0.29) is 11.6 Å². The van der Waals surface area contributed by atoms with Gasteiger partial charge in [0.05, 0.1) is 0 Å². The van der Waals surface area contributed by atoms with E-state index in [4.69, 9.17) is 6.80 Å². The zero-order chi connectivity index (χ0) is 13.6. The van der Waals surface area contributed by atoms with Gasteiger partial charge in [0.15, 0.2) is 0 Å². The Labute approximate surface area is 105 Å². The molecule has 0 saturated heterocycles. The summed E-state index contributed by atoms with van der Waals surface area (Å²) in [6.45, 7) is 10.8. The third-order valence-corrected chi connectivity index (χ3v) is 1.74. The van der Waals surface area contributed by atoms with Gasteiger partial charge in [0.25, 0.3) is 0 Å². The van der Waals surface area contributed by atoms with Crippen LogP contribution in [-0.2, 0) is 34.9 Å². The molecular weight excluding hydrogens is 292 g/mol. The Morgan fingerprint density at radius 2 is 1.00 bits per heavy atom. The molecule has 0 bridgehead atoms. The van der Waals surface area contributed by atoms with Crippen LogP contribution in [0.15, 0.2) is 0 Å². The second kappa shape index (κ2) is 6.95. The molecule has 94 valence electrons. The van der Waals surface area contributed by atoms with Crippen molar-refractivity contribution in [3.63, 3.8) is 0 Å². The monoisotopic (exact) mass is 313 g/mol. The first-order valence-electron chi connectivity index (χ1n) is 4.82. The SMILES string of the molecule is CC(C)(C)C(=O)[CH-]C(=O)C(C)(C)C.[O]=[Mo]=[O]. The maximum absolute atomic E-state index is 11.4. The van der Waals surface area contributed by atoms with Gasteiger partial charge >= 0.3 is 25.3 Å². The Morgan fingerprint density at radius 3 is 1.12 bits per heavy atom. The van der Waals surface area contributed by atoms with E-state index in [2.05, 4.69) is 0 Å². The molecule has 16 heavy (non-hydrogen) atoms. The molecule has 0 aromatic carbocycles. The average Bonchev–Trinajstić information content (AvgIpc) is 2.01. The van der Waals surface area contributed by atoms with Gasteiger partial charge < -0.3 is 9.59 Å². The summed E-state index contributed by atoms with van der Waals surface area (Å²) in [5.74, 6) is -0.208. The molecule has 0 aromatic rings. The number of carbonyl (C=O) groups excluding carboxylic acids is 2. The predicted octanol–water partition coefficient (Wildman–Crippen LogP) is 2.18. The molecule has 5 heteroatoms. The summed E-state index contributed by atoms with van der Waals surface area (Å²) in [5.41, 5.74) is -0.915. The van der Waals surface area contributed by atoms with Gasteiger partial charge in [0, 0.05) is 11.6 Å². The van der Waals surface area contributed by atoms with E-state index < -0.39 is 29.3 Å². The minimum atomic E-state index is -2.03. The first kappa shape index (κ1) is 17.9. The Kier molecular flexibility index (Phi) is 7.76. The van der Waals surface area contributed by atoms with Crippen molar-refractivity contribution < 1.29 is 34.9 Å². The zero-order valence-electron chi connectivity index (χ0n) is 10.6. The molecule has 0 saturated carbocycles. The van der Waals surface area contributed by atoms with E-state index >= 15 is 0 Å². The van der Waals surface area contributed by atoms with Crippen LogP contribution in [0.3, 0.4) is 0 Å². The molecule has 0 atom stereocenters. The van der Waals surface area contributed by atoms with Crippen LogP contribution in [0, 0.1) is 17.3 Å². The fourth-order valence-electron chi connectivity index (χ4n) is 0.552. The molecule has 4 nitrogen and oxygen atoms in total. The summed E-state index contributed by atoms with van der Waals surface area (Å²) in [4.78, 5) is 22.9. The molecule has 0 radical (unpaired) electrons. The summed E-state index contributed by atoms with van der Waals surface area (Å²) in [7, 11) is 0. The molecule has 0 unspecified atom stereocenters. The molecule has 0 aliphatic heterocycles. The van der Waals surface area contributed by atoms with Crippen LogP contribution in [-0.4, -0.2) is 11.6 Å². The molecule has 0 N–H and O–H groups in total. The second-order valence-electron chi connectivity index (χ2n) is 5.44. The van der Waals surface area contributed by atoms with Crippen molar-refractivity contribution in [2.45, 2.75) is 41.5 Å². The summed E-state index contributed by atoms with van der Waals surface area (Å²) < 4.78 is 17.0. The van der Waals surface area contributed by atoms with E-state index in [1.165, 1.54) is 6.42 Å². The van der Waals surface area contributed by atoms with Gasteiger partial charge in [-0.15, -0.1) is 0 Å². The summed E-state index contributed by atoms with van der Waals surface area (Å²) >= 11 is -2.03. The third kappa shape index (κ3) is 8.78. The Bertz CT molecular complexity index is 264. The molecular formula is C11H19MoO4-. The summed E-state index contributed by atoms with van der Waals surface area (Å²) in [5, 5.41) is 0. The molecule has 0 aliphatic rings. The van der Waals surface area contributed by atoms with Crippen molar-refractivity contribution in [2.75, 3.05) is 0 Å². The first-order valence-corrected chi connectivity index (χ1v) is 6.46. The number of rotatable bonds is 2. The van der Waals surface area contributed by atoms with Crippen LogP contribution >= 0.6 is 0 Å². The van der Waals surface area contributed by atoms with Crippen molar-refractivity contribution in [1.29, 1.82) is 0 Å². The van der Waals surface area contributed by atoms with Crippen molar-refractivity contribution in [3.05, 3.63) is 6.42 Å². The van der Waals surface area contributed by atoms with Gasteiger partial charge in [0.1, 0.15) is 0 Å². The second-order valence-corrected chi connectivity index (χ2v) is 5.78. The van der Waals surface area contributed by atoms with Gasteiger partial charge in [-0.05, 0) is 10.8 Å². The number of hydrogen-bond acceptors (Lipinski definition) is 4. The van der Waals surface area contributed by atoms with Crippen LogP contribution in [0.5, 0.6) is 0 Å². The molecule has 0 rings (SSSR count). The van der Waals surface area contributed by atoms with E-state index in [1.807, 2.05) is 41.5 Å². The van der Waals surface area contributed by atoms with Gasteiger partial charge in [-0.2, -0.15) is 0 Å². The van der Waals surface area contributed by atoms with E-state index in [9.17, 15) is 9.59 Å². The molecule has 0 fully saturated rings. The predicted molar refractivity (Wildman–Crippen MR) is 54.6 cm³/mol. The van der Waals surface area contributed by atoms with Crippen LogP contribution in [0.2, 0.25) is 0 Å². The zero-order valence-corrected chi connectivity index (χ0v) is 12.6. The molecule has 0 spiro atoms. The fraction of sp³-hybridized carbons (Fsp3) is 0.727. The average molecular weight is 311 g/mol. The van der Waals surface area contributed by atoms with Crippen molar-refractivity contribution in [3.8, 4) is 0 Å². The van der Waals surface area contributed by atoms with Crippen LogP contribution < -0.4 is 0 Å². The molecule has 0 aliphatic carbocycles. The topological polar surface area (TPSA) is 68.3 Å². The number of carbonyl (C=O) groups is 2. The fourth-order valence-corrected chi connectivity index (χ4v) is 0.552. The Balaban J connectivity index is 0. The quantitative estimate of drug-likeness (QED) is 0.445. The Morgan fingerprint density at radius 1 is 0.812 bits per heavy atom. The molecule has 0 heterocycles. The van der Waals surface area contributed by atoms with Crippen molar-refractivity contribution in [1.82, 2.24) is 0 Å². The van der Waals surface area contributed by atoms with Gasteiger partial charge in [-0.3, -0.25) is 6.42 Å². The van der Waals surface area contributed by atoms with E-state index in [1.54, 1.807) is 0 Å². The van der Waals surface area contributed by atoms with E-state index in [0.717, 1.165) is 0 Å². The summed E-state index contributed by atoms with van der Waals surface area (Å²) in [6.07, 6.45) is 1.22. The van der Waals surface area contributed by atoms with Gasteiger partial charge in [0.2, 0.25) is 0 Å². The standard InChI is InChI=1S/C11H19O2.Mo.2O/c1-10(2,3)8(12)7-9(13)11(4,5)6;;;/h7H,1-6H3;;;/q-1;;;. The van der Waals surface area contributed by atoms with Crippen molar-refractivity contribution >= 4 is 11.6 Å². The molecule has 0 aromatic heterocycles. The third-order valence-electron chi connectivity index (χ3n) is 1.74. The van der Waals surface area contributed by atoms with Crippen molar-refractivity contribution in [2.24, 2.45) is 10.8 Å². The normalized spacial score (nSPS) is 10.9. The number of hydrogen-bond donors (Lipinski definition) is 0. The summed E-state index contributed by atoms with van der Waals surface area (Å²) in [6, 6.07) is 0. The molecule has 0 amide bonds. The Hall–Kier alpha value is -0.502. The van der Waals surface area contributed by atoms with Gasteiger partial charge in [-0.1, -0.05) is 41.5 Å². The number of ketones is 2. The number of Topliss-reactive ketones (excluding diaryl/α,β-unsaturated/α-hetero) is 2. The first-order chi connectivity index (χ1) is 6.96. The maximum atomic E-state index is 11.4. The minimum absolute atomic E-state index is 0.104. The van der Waals surface area contributed by atoms with Crippen LogP contribution in [0.1, 0.15) is 41.5 Å². The van der Waals surface area contributed by atoms with Crippen LogP contribution in [0.25, 0.3) is 0 Å². The van der Waals surface area contributed by atoms with Crippen LogP contribution in [0.4, 0.5) is 0 Å². The van der Waals surface area contributed by atoms with E-state index in [0.29, 0.717) is 0 Å². The van der Waals surface area contributed by atoms with Gasteiger partial charge in [-0.25, -0.2) is 0 Å².